The molecule has 0 unspecified atom stereocenters. The Hall–Kier alpha value is -3.92. The normalized spacial score (nSPS) is 15.2. The molecule has 4 rings (SSSR count). The quantitative estimate of drug-likeness (QED) is 0.268. The zero-order chi connectivity index (χ0) is 34.3. The number of rotatable bonds is 10. The van der Waals surface area contributed by atoms with Gasteiger partial charge in [0.1, 0.15) is 23.6 Å². The lowest BCUT2D eigenvalue weighted by Crippen LogP contribution is -2.41. The van der Waals surface area contributed by atoms with Crippen LogP contribution in [-0.2, 0) is 43.2 Å². The van der Waals surface area contributed by atoms with E-state index in [4.69, 9.17) is 33.5 Å². The summed E-state index contributed by atoms with van der Waals surface area (Å²) in [6.45, 7) is 21.5. The third-order valence-electron chi connectivity index (χ3n) is 8.08. The predicted octanol–water partition coefficient (Wildman–Crippen LogP) is 6.06. The highest BCUT2D eigenvalue weighted by Gasteiger charge is 2.53. The van der Waals surface area contributed by atoms with Crippen LogP contribution in [0.3, 0.4) is 0 Å². The third-order valence-corrected chi connectivity index (χ3v) is 8.08. The Morgan fingerprint density at radius 2 is 1.57 bits per heavy atom. The van der Waals surface area contributed by atoms with Gasteiger partial charge in [0.2, 0.25) is 0 Å². The Balaban J connectivity index is 0.00000185. The van der Waals surface area contributed by atoms with Crippen LogP contribution in [0.5, 0.6) is 5.75 Å². The second-order valence-corrected chi connectivity index (χ2v) is 13.6. The number of carbonyl (C=O) groups excluding carboxylic acids is 3. The maximum absolute atomic E-state index is 12.3. The highest BCUT2D eigenvalue weighted by Crippen LogP contribution is 2.38. The first-order valence-electron chi connectivity index (χ1n) is 15.7. The molecule has 1 aliphatic heterocycles. The van der Waals surface area contributed by atoms with E-state index in [9.17, 15) is 4.79 Å². The van der Waals surface area contributed by atoms with Gasteiger partial charge < -0.3 is 24.1 Å². The van der Waals surface area contributed by atoms with Crippen molar-refractivity contribution >= 4 is 25.0 Å². The molecule has 2 heterocycles. The summed E-state index contributed by atoms with van der Waals surface area (Å²) in [5.41, 5.74) is 4.63. The smallest absolute Gasteiger partial charge is 0.489 e. The molecule has 1 N–H and O–H groups in total. The number of hydrogen-bond donors (Lipinski definition) is 1. The van der Waals surface area contributed by atoms with Gasteiger partial charge in [0.15, 0.2) is 0 Å². The minimum atomic E-state index is -0.630. The van der Waals surface area contributed by atoms with Gasteiger partial charge >= 0.3 is 19.4 Å². The van der Waals surface area contributed by atoms with Gasteiger partial charge in [0, 0.05) is 17.8 Å². The Morgan fingerprint density at radius 3 is 2.07 bits per heavy atom. The molecule has 1 saturated heterocycles. The maximum atomic E-state index is 12.3. The fourth-order valence-corrected chi connectivity index (χ4v) is 4.96. The van der Waals surface area contributed by atoms with Crippen LogP contribution in [0.25, 0.3) is 11.1 Å². The van der Waals surface area contributed by atoms with Gasteiger partial charge in [0.05, 0.1) is 17.7 Å². The molecular weight excluding hydrogens is 585 g/mol. The average molecular weight is 634 g/mol. The summed E-state index contributed by atoms with van der Waals surface area (Å²) in [4.78, 5) is 28.5. The third kappa shape index (κ3) is 9.31. The van der Waals surface area contributed by atoms with Crippen molar-refractivity contribution in [3.8, 4) is 16.9 Å². The SMILES string of the molecule is CCc1c(-c2ccc(OCc3ccc(C(C)C)cc3)cc2)c(B2OC(C)(C)C(C)(C)O2)nn1CCNC(=O)OC(C)(C)C.O=C=O. The lowest BCUT2D eigenvalue weighted by molar-refractivity contribution is -0.191. The molecule has 1 aliphatic rings. The van der Waals surface area contributed by atoms with Gasteiger partial charge in [-0.1, -0.05) is 57.2 Å². The number of carbonyl (C=O) groups is 1. The number of aromatic nitrogens is 2. The number of benzene rings is 2. The van der Waals surface area contributed by atoms with Crippen molar-refractivity contribution in [1.29, 1.82) is 0 Å². The summed E-state index contributed by atoms with van der Waals surface area (Å²) in [5, 5.41) is 7.85. The van der Waals surface area contributed by atoms with E-state index in [0.717, 1.165) is 40.1 Å². The maximum Gasteiger partial charge on any atom is 0.517 e. The number of ether oxygens (including phenoxy) is 2. The molecular formula is C35H48BN3O7. The molecule has 0 atom stereocenters. The number of nitrogens with one attached hydrogen (secondary N) is 1. The average Bonchev–Trinajstić information content (AvgIpc) is 3.44. The monoisotopic (exact) mass is 633 g/mol. The van der Waals surface area contributed by atoms with E-state index in [-0.39, 0.29) is 6.15 Å². The molecule has 1 aromatic heterocycles. The summed E-state index contributed by atoms with van der Waals surface area (Å²) >= 11 is 0. The molecule has 0 spiro atoms. The lowest BCUT2D eigenvalue weighted by atomic mass is 9.79. The van der Waals surface area contributed by atoms with Crippen LogP contribution in [-0.4, -0.2) is 52.5 Å². The van der Waals surface area contributed by atoms with Gasteiger partial charge in [-0.25, -0.2) is 4.79 Å². The van der Waals surface area contributed by atoms with Gasteiger partial charge in [-0.15, -0.1) is 0 Å². The fourth-order valence-electron chi connectivity index (χ4n) is 4.96. The second kappa shape index (κ2) is 15.1. The summed E-state index contributed by atoms with van der Waals surface area (Å²) in [6.07, 6.45) is 0.536. The molecule has 46 heavy (non-hydrogen) atoms. The summed E-state index contributed by atoms with van der Waals surface area (Å²) in [6, 6.07) is 16.7. The van der Waals surface area contributed by atoms with Gasteiger partial charge in [-0.3, -0.25) is 4.68 Å². The van der Waals surface area contributed by atoms with Crippen molar-refractivity contribution in [3.05, 3.63) is 65.4 Å². The topological polar surface area (TPSA) is 118 Å². The first kappa shape index (κ1) is 36.6. The van der Waals surface area contributed by atoms with Crippen molar-refractivity contribution in [1.82, 2.24) is 15.1 Å². The molecule has 1 amide bonds. The predicted molar refractivity (Wildman–Crippen MR) is 177 cm³/mol. The van der Waals surface area contributed by atoms with Crippen molar-refractivity contribution in [2.24, 2.45) is 0 Å². The number of nitrogens with zero attached hydrogens (tertiary/aromatic N) is 2. The highest BCUT2D eigenvalue weighted by atomic mass is 16.7. The lowest BCUT2D eigenvalue weighted by Gasteiger charge is -2.32. The summed E-state index contributed by atoms with van der Waals surface area (Å²) in [5.74, 6) is 1.30. The van der Waals surface area contributed by atoms with Crippen molar-refractivity contribution < 1.29 is 33.2 Å². The summed E-state index contributed by atoms with van der Waals surface area (Å²) < 4.78 is 26.3. The largest absolute Gasteiger partial charge is 0.517 e. The van der Waals surface area contributed by atoms with Crippen LogP contribution in [0.4, 0.5) is 4.79 Å². The molecule has 10 nitrogen and oxygen atoms in total. The number of amides is 1. The van der Waals surface area contributed by atoms with E-state index in [1.807, 2.05) is 65.3 Å². The van der Waals surface area contributed by atoms with Crippen LogP contribution in [0.2, 0.25) is 0 Å². The Bertz CT molecular complexity index is 1470. The molecule has 0 saturated carbocycles. The molecule has 2 aromatic carbocycles. The van der Waals surface area contributed by atoms with E-state index in [2.05, 4.69) is 62.5 Å². The molecule has 0 aliphatic carbocycles. The Kier molecular flexibility index (Phi) is 12.0. The molecule has 3 aromatic rings. The number of hydrogen-bond acceptors (Lipinski definition) is 8. The van der Waals surface area contributed by atoms with Crippen LogP contribution < -0.4 is 15.6 Å². The van der Waals surface area contributed by atoms with Crippen molar-refractivity contribution in [3.63, 3.8) is 0 Å². The van der Waals surface area contributed by atoms with E-state index in [0.29, 0.717) is 25.6 Å². The second-order valence-electron chi connectivity index (χ2n) is 13.6. The van der Waals surface area contributed by atoms with E-state index < -0.39 is 30.0 Å². The van der Waals surface area contributed by atoms with Crippen LogP contribution in [0, 0.1) is 0 Å². The van der Waals surface area contributed by atoms with Gasteiger partial charge in [0.25, 0.3) is 0 Å². The van der Waals surface area contributed by atoms with Gasteiger partial charge in [-0.2, -0.15) is 14.7 Å². The Morgan fingerprint density at radius 1 is 1.00 bits per heavy atom. The summed E-state index contributed by atoms with van der Waals surface area (Å²) in [7, 11) is -0.630. The van der Waals surface area contributed by atoms with Gasteiger partial charge in [-0.05, 0) is 89.6 Å². The zero-order valence-corrected chi connectivity index (χ0v) is 28.9. The standard InChI is InChI=1S/C34H48BN3O5.CO2/c1-11-28-29(26-16-18-27(19-17-26)40-22-24-12-14-25(15-13-24)23(2)3)30(35-42-33(7,8)34(9,10)43-35)37-38(28)21-20-36-31(39)41-32(4,5)6;2-1-3/h12-19,23H,11,20-22H2,1-10H3,(H,36,39);. The molecule has 0 bridgehead atoms. The minimum absolute atomic E-state index is 0.250. The van der Waals surface area contributed by atoms with E-state index in [1.54, 1.807) is 0 Å². The van der Waals surface area contributed by atoms with Crippen LogP contribution in [0.15, 0.2) is 48.5 Å². The first-order valence-corrected chi connectivity index (χ1v) is 15.7. The fraction of sp³-hybridized carbons (Fsp3) is 0.514. The van der Waals surface area contributed by atoms with E-state index >= 15 is 0 Å². The molecule has 0 radical (unpaired) electrons. The van der Waals surface area contributed by atoms with E-state index in [1.165, 1.54) is 5.56 Å². The highest BCUT2D eigenvalue weighted by molar-refractivity contribution is 6.63. The molecule has 248 valence electrons. The molecule has 1 fully saturated rings. The van der Waals surface area contributed by atoms with Crippen LogP contribution in [0.1, 0.15) is 92.0 Å². The van der Waals surface area contributed by atoms with Crippen LogP contribution >= 0.6 is 0 Å². The van der Waals surface area contributed by atoms with Crippen molar-refractivity contribution in [2.45, 2.75) is 112 Å². The Labute approximate surface area is 273 Å². The minimum Gasteiger partial charge on any atom is -0.489 e. The zero-order valence-electron chi connectivity index (χ0n) is 28.9. The number of alkyl carbamates (subject to hydrolysis) is 1. The first-order chi connectivity index (χ1) is 21.5. The van der Waals surface area contributed by atoms with Crippen molar-refractivity contribution in [2.75, 3.05) is 6.54 Å². The molecule has 11 heteroatoms.